The van der Waals surface area contributed by atoms with E-state index < -0.39 is 0 Å². The summed E-state index contributed by atoms with van der Waals surface area (Å²) in [6.45, 7) is 5.13. The lowest BCUT2D eigenvalue weighted by molar-refractivity contribution is -0.138. The van der Waals surface area contributed by atoms with Crippen LogP contribution in [-0.4, -0.2) is 34.3 Å². The van der Waals surface area contributed by atoms with Gasteiger partial charge in [-0.1, -0.05) is 46.0 Å². The highest BCUT2D eigenvalue weighted by atomic mass is 32.2. The maximum atomic E-state index is 11.5. The fourth-order valence-electron chi connectivity index (χ4n) is 2.73. The molecular weight excluding hydrogens is 282 g/mol. The molecule has 0 saturated carbocycles. The first-order valence-corrected chi connectivity index (χ1v) is 9.68. The van der Waals surface area contributed by atoms with Crippen LogP contribution < -0.4 is 0 Å². The molecule has 0 spiro atoms. The molecule has 122 valence electrons. The first-order valence-electron chi connectivity index (χ1n) is 8.63. The van der Waals surface area contributed by atoms with Crippen LogP contribution in [-0.2, 0) is 9.59 Å². The summed E-state index contributed by atoms with van der Waals surface area (Å²) in [6, 6.07) is 0. The summed E-state index contributed by atoms with van der Waals surface area (Å²) < 4.78 is 0. The van der Waals surface area contributed by atoms with Crippen LogP contribution in [0.5, 0.6) is 0 Å². The second-order valence-electron chi connectivity index (χ2n) is 5.90. The Bertz CT molecular complexity index is 304. The molecule has 1 unspecified atom stereocenters. The number of imide groups is 1. The number of carbonyl (C=O) groups excluding carboxylic acids is 2. The average molecular weight is 314 g/mol. The van der Waals surface area contributed by atoms with E-state index in [0.717, 1.165) is 17.4 Å². The van der Waals surface area contributed by atoms with Crippen molar-refractivity contribution < 1.29 is 9.59 Å². The van der Waals surface area contributed by atoms with Crippen LogP contribution in [0.1, 0.15) is 78.1 Å². The Morgan fingerprint density at radius 2 is 1.67 bits per heavy atom. The highest BCUT2D eigenvalue weighted by molar-refractivity contribution is 7.99. The molecule has 1 fully saturated rings. The molecule has 1 aliphatic heterocycles. The number of thioether (sulfide) groups is 1. The number of hydrogen-bond donors (Lipinski definition) is 0. The van der Waals surface area contributed by atoms with Crippen LogP contribution in [0.2, 0.25) is 0 Å². The Balaban J connectivity index is 2.06. The van der Waals surface area contributed by atoms with Crippen molar-refractivity contribution in [1.82, 2.24) is 4.90 Å². The lowest BCUT2D eigenvalue weighted by Crippen LogP contribution is -2.30. The van der Waals surface area contributed by atoms with Gasteiger partial charge in [0.1, 0.15) is 0 Å². The van der Waals surface area contributed by atoms with Crippen molar-refractivity contribution >= 4 is 23.6 Å². The van der Waals surface area contributed by atoms with E-state index >= 15 is 0 Å². The van der Waals surface area contributed by atoms with Gasteiger partial charge < -0.3 is 0 Å². The van der Waals surface area contributed by atoms with E-state index in [4.69, 9.17) is 0 Å². The Labute approximate surface area is 134 Å². The molecule has 1 rings (SSSR count). The van der Waals surface area contributed by atoms with E-state index in [0.29, 0.717) is 19.4 Å². The molecule has 0 aromatic rings. The maximum absolute atomic E-state index is 11.5. The molecule has 0 aliphatic carbocycles. The number of carbonyl (C=O) groups is 2. The van der Waals surface area contributed by atoms with Gasteiger partial charge in [0.15, 0.2) is 0 Å². The SMILES string of the molecule is CCCCCCCC(CC)SCCCN1C(=O)CCC1=O. The van der Waals surface area contributed by atoms with Gasteiger partial charge in [0.25, 0.3) is 0 Å². The molecule has 0 aromatic heterocycles. The minimum Gasteiger partial charge on any atom is -0.283 e. The zero-order valence-corrected chi connectivity index (χ0v) is 14.6. The third-order valence-electron chi connectivity index (χ3n) is 4.12. The minimum absolute atomic E-state index is 0.0213. The highest BCUT2D eigenvalue weighted by Gasteiger charge is 2.27. The summed E-state index contributed by atoms with van der Waals surface area (Å²) in [6.07, 6.45) is 11.1. The largest absolute Gasteiger partial charge is 0.283 e. The fourth-order valence-corrected chi connectivity index (χ4v) is 3.92. The van der Waals surface area contributed by atoms with Gasteiger partial charge in [-0.05, 0) is 25.0 Å². The first-order chi connectivity index (χ1) is 10.2. The van der Waals surface area contributed by atoms with E-state index in [1.54, 1.807) is 0 Å². The van der Waals surface area contributed by atoms with E-state index in [2.05, 4.69) is 13.8 Å². The summed E-state index contributed by atoms with van der Waals surface area (Å²) in [4.78, 5) is 24.4. The molecule has 1 heterocycles. The van der Waals surface area contributed by atoms with Crippen LogP contribution in [0.4, 0.5) is 0 Å². The Kier molecular flexibility index (Phi) is 9.81. The lowest BCUT2D eigenvalue weighted by Gasteiger charge is -2.16. The molecule has 1 saturated heterocycles. The molecule has 0 bridgehead atoms. The second kappa shape index (κ2) is 11.1. The summed E-state index contributed by atoms with van der Waals surface area (Å²) >= 11 is 2.02. The highest BCUT2D eigenvalue weighted by Crippen LogP contribution is 2.22. The van der Waals surface area contributed by atoms with Gasteiger partial charge in [0.2, 0.25) is 11.8 Å². The summed E-state index contributed by atoms with van der Waals surface area (Å²) in [5.74, 6) is 1.10. The van der Waals surface area contributed by atoms with Crippen molar-refractivity contribution in [2.75, 3.05) is 12.3 Å². The second-order valence-corrected chi connectivity index (χ2v) is 7.30. The Morgan fingerprint density at radius 1 is 1.00 bits per heavy atom. The van der Waals surface area contributed by atoms with Gasteiger partial charge in [0, 0.05) is 24.6 Å². The number of unbranched alkanes of at least 4 members (excludes halogenated alkanes) is 4. The molecule has 1 atom stereocenters. The van der Waals surface area contributed by atoms with Crippen LogP contribution in [0, 0.1) is 0 Å². The van der Waals surface area contributed by atoms with E-state index in [9.17, 15) is 9.59 Å². The standard InChI is InChI=1S/C17H31NO2S/c1-3-5-6-7-8-10-15(4-2)21-14-9-13-18-16(19)11-12-17(18)20/h15H,3-14H2,1-2H3. The van der Waals surface area contributed by atoms with Crippen molar-refractivity contribution in [2.45, 2.75) is 83.3 Å². The third kappa shape index (κ3) is 7.35. The number of likely N-dealkylation sites (tertiary alicyclic amines) is 1. The van der Waals surface area contributed by atoms with Crippen molar-refractivity contribution in [1.29, 1.82) is 0 Å². The molecule has 0 N–H and O–H groups in total. The molecule has 0 radical (unpaired) electrons. The lowest BCUT2D eigenvalue weighted by atomic mass is 10.1. The smallest absolute Gasteiger partial charge is 0.229 e. The number of amides is 2. The quantitative estimate of drug-likeness (QED) is 0.396. The van der Waals surface area contributed by atoms with E-state index in [1.165, 1.54) is 49.8 Å². The molecule has 3 nitrogen and oxygen atoms in total. The van der Waals surface area contributed by atoms with Crippen LogP contribution >= 0.6 is 11.8 Å². The number of nitrogens with zero attached hydrogens (tertiary/aromatic N) is 1. The number of hydrogen-bond acceptors (Lipinski definition) is 3. The summed E-state index contributed by atoms with van der Waals surface area (Å²) in [5, 5.41) is 0.747. The van der Waals surface area contributed by atoms with Crippen molar-refractivity contribution in [2.24, 2.45) is 0 Å². The maximum Gasteiger partial charge on any atom is 0.229 e. The van der Waals surface area contributed by atoms with Gasteiger partial charge in [-0.25, -0.2) is 0 Å². The molecule has 4 heteroatoms. The molecule has 21 heavy (non-hydrogen) atoms. The third-order valence-corrected chi connectivity index (χ3v) is 5.68. The molecule has 0 aromatic carbocycles. The predicted molar refractivity (Wildman–Crippen MR) is 90.5 cm³/mol. The average Bonchev–Trinajstić information content (AvgIpc) is 2.80. The van der Waals surface area contributed by atoms with Crippen LogP contribution in [0.25, 0.3) is 0 Å². The van der Waals surface area contributed by atoms with Gasteiger partial charge >= 0.3 is 0 Å². The molecule has 2 amide bonds. The van der Waals surface area contributed by atoms with Crippen molar-refractivity contribution in [3.63, 3.8) is 0 Å². The van der Waals surface area contributed by atoms with Gasteiger partial charge in [0.05, 0.1) is 0 Å². The normalized spacial score (nSPS) is 16.8. The van der Waals surface area contributed by atoms with Crippen molar-refractivity contribution in [3.05, 3.63) is 0 Å². The zero-order chi connectivity index (χ0) is 15.5. The predicted octanol–water partition coefficient (Wildman–Crippen LogP) is 4.40. The van der Waals surface area contributed by atoms with E-state index in [-0.39, 0.29) is 11.8 Å². The Hall–Kier alpha value is -0.510. The topological polar surface area (TPSA) is 37.4 Å². The number of rotatable bonds is 12. The van der Waals surface area contributed by atoms with Crippen LogP contribution in [0.3, 0.4) is 0 Å². The summed E-state index contributed by atoms with van der Waals surface area (Å²) in [5.41, 5.74) is 0. The molecule has 1 aliphatic rings. The Morgan fingerprint density at radius 3 is 2.29 bits per heavy atom. The monoisotopic (exact) mass is 313 g/mol. The van der Waals surface area contributed by atoms with Gasteiger partial charge in [-0.15, -0.1) is 0 Å². The minimum atomic E-state index is 0.0213. The fraction of sp³-hybridized carbons (Fsp3) is 0.882. The van der Waals surface area contributed by atoms with Crippen LogP contribution in [0.15, 0.2) is 0 Å². The first kappa shape index (κ1) is 18.5. The van der Waals surface area contributed by atoms with Gasteiger partial charge in [-0.3, -0.25) is 14.5 Å². The summed E-state index contributed by atoms with van der Waals surface area (Å²) in [7, 11) is 0. The van der Waals surface area contributed by atoms with Crippen molar-refractivity contribution in [3.8, 4) is 0 Å². The molecular formula is C17H31NO2S. The van der Waals surface area contributed by atoms with E-state index in [1.807, 2.05) is 11.8 Å². The van der Waals surface area contributed by atoms with Gasteiger partial charge in [-0.2, -0.15) is 11.8 Å². The zero-order valence-electron chi connectivity index (χ0n) is 13.7.